The Morgan fingerprint density at radius 3 is 2.53 bits per heavy atom. The topological polar surface area (TPSA) is 40.5 Å². The summed E-state index contributed by atoms with van der Waals surface area (Å²) in [7, 11) is 3.51. The fourth-order valence-corrected chi connectivity index (χ4v) is 1.47. The first kappa shape index (κ1) is 11.5. The molecule has 4 heteroatoms. The molecule has 1 atom stereocenters. The minimum absolute atomic E-state index is 0.231. The molecule has 1 aromatic carbocycles. The van der Waals surface area contributed by atoms with Crippen molar-refractivity contribution in [1.29, 1.82) is 0 Å². The van der Waals surface area contributed by atoms with Gasteiger partial charge in [0.1, 0.15) is 5.82 Å². The molecule has 0 fully saturated rings. The minimum atomic E-state index is -1.02. The van der Waals surface area contributed by atoms with E-state index < -0.39 is 17.7 Å². The summed E-state index contributed by atoms with van der Waals surface area (Å²) in [5.74, 6) is -2.34. The summed E-state index contributed by atoms with van der Waals surface area (Å²) < 4.78 is 13.5. The molecule has 0 aliphatic carbocycles. The molecule has 1 unspecified atom stereocenters. The van der Waals surface area contributed by atoms with Gasteiger partial charge in [-0.1, -0.05) is 6.07 Å². The van der Waals surface area contributed by atoms with E-state index in [1.54, 1.807) is 31.1 Å². The number of carboxylic acid groups (broad SMARTS) is 1. The molecule has 82 valence electrons. The van der Waals surface area contributed by atoms with Crippen LogP contribution in [0.25, 0.3) is 0 Å². The number of benzene rings is 1. The van der Waals surface area contributed by atoms with Gasteiger partial charge in [-0.25, -0.2) is 4.39 Å². The lowest BCUT2D eigenvalue weighted by Crippen LogP contribution is -2.17. The predicted octanol–water partition coefficient (Wildman–Crippen LogP) is 2.08. The summed E-state index contributed by atoms with van der Waals surface area (Å²) in [6.45, 7) is 1.48. The monoisotopic (exact) mass is 211 g/mol. The summed E-state index contributed by atoms with van der Waals surface area (Å²) in [6.07, 6.45) is 0. The highest BCUT2D eigenvalue weighted by Crippen LogP contribution is 2.29. The molecule has 0 spiro atoms. The third-order valence-corrected chi connectivity index (χ3v) is 2.32. The second-order valence-electron chi connectivity index (χ2n) is 3.63. The maximum atomic E-state index is 13.5. The van der Waals surface area contributed by atoms with E-state index in [1.165, 1.54) is 13.0 Å². The molecule has 0 aliphatic heterocycles. The standard InChI is InChI=1S/C11H14FNO2/c1-7(11(14)15)10-8(12)5-4-6-9(10)13(2)3/h4-7H,1-3H3,(H,14,15). The zero-order chi connectivity index (χ0) is 11.6. The zero-order valence-corrected chi connectivity index (χ0v) is 8.99. The highest BCUT2D eigenvalue weighted by Gasteiger charge is 2.22. The number of carbonyl (C=O) groups is 1. The van der Waals surface area contributed by atoms with Gasteiger partial charge in [0.05, 0.1) is 5.92 Å². The number of halogens is 1. The van der Waals surface area contributed by atoms with Crippen LogP contribution in [-0.2, 0) is 4.79 Å². The van der Waals surface area contributed by atoms with E-state index in [4.69, 9.17) is 5.11 Å². The number of hydrogen-bond acceptors (Lipinski definition) is 2. The molecule has 1 rings (SSSR count). The van der Waals surface area contributed by atoms with Crippen LogP contribution in [0.4, 0.5) is 10.1 Å². The van der Waals surface area contributed by atoms with Gasteiger partial charge in [-0.3, -0.25) is 4.79 Å². The molecular weight excluding hydrogens is 197 g/mol. The molecule has 0 amide bonds. The Bertz CT molecular complexity index is 377. The predicted molar refractivity (Wildman–Crippen MR) is 56.8 cm³/mol. The van der Waals surface area contributed by atoms with Crippen LogP contribution in [0, 0.1) is 5.82 Å². The Hall–Kier alpha value is -1.58. The van der Waals surface area contributed by atoms with Crippen molar-refractivity contribution in [2.75, 3.05) is 19.0 Å². The van der Waals surface area contributed by atoms with Gasteiger partial charge in [-0.2, -0.15) is 0 Å². The Balaban J connectivity index is 3.30. The van der Waals surface area contributed by atoms with Crippen LogP contribution in [0.5, 0.6) is 0 Å². The van der Waals surface area contributed by atoms with E-state index in [-0.39, 0.29) is 5.56 Å². The van der Waals surface area contributed by atoms with Gasteiger partial charge in [0.15, 0.2) is 0 Å². The number of hydrogen-bond donors (Lipinski definition) is 1. The van der Waals surface area contributed by atoms with Gasteiger partial charge in [0.2, 0.25) is 0 Å². The second kappa shape index (κ2) is 4.29. The van der Waals surface area contributed by atoms with Crippen molar-refractivity contribution in [3.63, 3.8) is 0 Å². The molecule has 0 aliphatic rings. The summed E-state index contributed by atoms with van der Waals surface area (Å²) >= 11 is 0. The fraction of sp³-hybridized carbons (Fsp3) is 0.364. The second-order valence-corrected chi connectivity index (χ2v) is 3.63. The number of nitrogens with zero attached hydrogens (tertiary/aromatic N) is 1. The number of anilines is 1. The van der Waals surface area contributed by atoms with Crippen LogP contribution in [-0.4, -0.2) is 25.2 Å². The van der Waals surface area contributed by atoms with Gasteiger partial charge in [0.25, 0.3) is 0 Å². The lowest BCUT2D eigenvalue weighted by atomic mass is 9.98. The third kappa shape index (κ3) is 2.26. The SMILES string of the molecule is CC(C(=O)O)c1c(F)cccc1N(C)C. The van der Waals surface area contributed by atoms with Crippen LogP contribution in [0.15, 0.2) is 18.2 Å². The molecular formula is C11H14FNO2. The molecule has 15 heavy (non-hydrogen) atoms. The van der Waals surface area contributed by atoms with Crippen molar-refractivity contribution in [3.8, 4) is 0 Å². The van der Waals surface area contributed by atoms with E-state index in [2.05, 4.69) is 0 Å². The van der Waals surface area contributed by atoms with E-state index in [0.29, 0.717) is 5.69 Å². The van der Waals surface area contributed by atoms with Crippen molar-refractivity contribution in [2.45, 2.75) is 12.8 Å². The van der Waals surface area contributed by atoms with Crippen LogP contribution >= 0.6 is 0 Å². The van der Waals surface area contributed by atoms with Crippen molar-refractivity contribution in [2.24, 2.45) is 0 Å². The normalized spacial score (nSPS) is 12.3. The highest BCUT2D eigenvalue weighted by molar-refractivity contribution is 5.78. The highest BCUT2D eigenvalue weighted by atomic mass is 19.1. The minimum Gasteiger partial charge on any atom is -0.481 e. The van der Waals surface area contributed by atoms with Crippen LogP contribution in [0.2, 0.25) is 0 Å². The molecule has 0 aromatic heterocycles. The number of aliphatic carboxylic acids is 1. The summed E-state index contributed by atoms with van der Waals surface area (Å²) in [5.41, 5.74) is 0.833. The molecule has 1 aromatic rings. The maximum absolute atomic E-state index is 13.5. The molecule has 1 N–H and O–H groups in total. The van der Waals surface area contributed by atoms with E-state index in [0.717, 1.165) is 0 Å². The Morgan fingerprint density at radius 2 is 2.07 bits per heavy atom. The fourth-order valence-electron chi connectivity index (χ4n) is 1.47. The first-order valence-corrected chi connectivity index (χ1v) is 4.63. The van der Waals surface area contributed by atoms with E-state index in [1.807, 2.05) is 0 Å². The summed E-state index contributed by atoms with van der Waals surface area (Å²) in [4.78, 5) is 12.5. The average Bonchev–Trinajstić information content (AvgIpc) is 2.16. The first-order chi connectivity index (χ1) is 6.95. The molecule has 0 bridgehead atoms. The van der Waals surface area contributed by atoms with Gasteiger partial charge in [0, 0.05) is 25.3 Å². The number of rotatable bonds is 3. The van der Waals surface area contributed by atoms with Gasteiger partial charge in [-0.05, 0) is 19.1 Å². The number of carboxylic acids is 1. The van der Waals surface area contributed by atoms with E-state index in [9.17, 15) is 9.18 Å². The quantitative estimate of drug-likeness (QED) is 0.832. The maximum Gasteiger partial charge on any atom is 0.310 e. The Labute approximate surface area is 88.1 Å². The van der Waals surface area contributed by atoms with Crippen molar-refractivity contribution in [3.05, 3.63) is 29.6 Å². The summed E-state index contributed by atoms with van der Waals surface area (Å²) in [6, 6.07) is 4.56. The largest absolute Gasteiger partial charge is 0.481 e. The average molecular weight is 211 g/mol. The van der Waals surface area contributed by atoms with Crippen LogP contribution < -0.4 is 4.90 Å². The lowest BCUT2D eigenvalue weighted by Gasteiger charge is -2.20. The van der Waals surface area contributed by atoms with Crippen LogP contribution in [0.1, 0.15) is 18.4 Å². The first-order valence-electron chi connectivity index (χ1n) is 4.63. The van der Waals surface area contributed by atoms with Gasteiger partial charge < -0.3 is 10.0 Å². The molecule has 3 nitrogen and oxygen atoms in total. The molecule has 0 heterocycles. The summed E-state index contributed by atoms with van der Waals surface area (Å²) in [5, 5.41) is 8.88. The molecule has 0 saturated carbocycles. The van der Waals surface area contributed by atoms with Crippen molar-refractivity contribution in [1.82, 2.24) is 0 Å². The van der Waals surface area contributed by atoms with Gasteiger partial charge >= 0.3 is 5.97 Å². The Kier molecular flexibility index (Phi) is 3.29. The van der Waals surface area contributed by atoms with Crippen molar-refractivity contribution >= 4 is 11.7 Å². The molecule has 0 radical (unpaired) electrons. The lowest BCUT2D eigenvalue weighted by molar-refractivity contribution is -0.138. The zero-order valence-electron chi connectivity index (χ0n) is 8.99. The van der Waals surface area contributed by atoms with Crippen LogP contribution in [0.3, 0.4) is 0 Å². The molecule has 0 saturated heterocycles. The van der Waals surface area contributed by atoms with E-state index >= 15 is 0 Å². The van der Waals surface area contributed by atoms with Gasteiger partial charge in [-0.15, -0.1) is 0 Å². The van der Waals surface area contributed by atoms with Crippen molar-refractivity contribution < 1.29 is 14.3 Å². The third-order valence-electron chi connectivity index (χ3n) is 2.32. The Morgan fingerprint density at radius 1 is 1.47 bits per heavy atom. The smallest absolute Gasteiger partial charge is 0.310 e.